The number of hydrogen-bond donors (Lipinski definition) is 1. The van der Waals surface area contributed by atoms with Crippen LogP contribution in [0.15, 0.2) is 41.5 Å². The van der Waals surface area contributed by atoms with Crippen molar-refractivity contribution in [3.05, 3.63) is 59.4 Å². The summed E-state index contributed by atoms with van der Waals surface area (Å²) in [4.78, 5) is 10.8. The zero-order valence-corrected chi connectivity index (χ0v) is 11.1. The molecular weight excluding hydrogens is 297 g/mol. The molecule has 1 heterocycles. The number of ether oxygens (including phenoxy) is 1. The molecule has 0 unspecified atom stereocenters. The van der Waals surface area contributed by atoms with Crippen LogP contribution in [0, 0.1) is 17.5 Å². The third-order valence-electron chi connectivity index (χ3n) is 3.14. The molecule has 0 radical (unpaired) electrons. The summed E-state index contributed by atoms with van der Waals surface area (Å²) in [7, 11) is 0. The van der Waals surface area contributed by atoms with Crippen molar-refractivity contribution >= 4 is 11.8 Å². The van der Waals surface area contributed by atoms with Gasteiger partial charge >= 0.3 is 6.09 Å². The number of cyclic esters (lactones) is 1. The fourth-order valence-corrected chi connectivity index (χ4v) is 2.08. The molecular formula is C15H9F3N2O2. The Morgan fingerprint density at radius 3 is 2.50 bits per heavy atom. The van der Waals surface area contributed by atoms with Gasteiger partial charge in [-0.2, -0.15) is 5.10 Å². The Bertz CT molecular complexity index is 790. The second kappa shape index (κ2) is 5.51. The van der Waals surface area contributed by atoms with E-state index in [9.17, 15) is 18.0 Å². The monoisotopic (exact) mass is 306 g/mol. The van der Waals surface area contributed by atoms with Crippen LogP contribution in [0.4, 0.5) is 18.0 Å². The topological polar surface area (TPSA) is 50.7 Å². The first kappa shape index (κ1) is 14.1. The van der Waals surface area contributed by atoms with E-state index in [4.69, 9.17) is 4.74 Å². The highest BCUT2D eigenvalue weighted by molar-refractivity contribution is 6.03. The second-order valence-corrected chi connectivity index (χ2v) is 4.57. The van der Waals surface area contributed by atoms with Crippen molar-refractivity contribution in [2.75, 3.05) is 6.61 Å². The first-order valence-electron chi connectivity index (χ1n) is 6.29. The van der Waals surface area contributed by atoms with E-state index < -0.39 is 23.5 Å². The lowest BCUT2D eigenvalue weighted by atomic mass is 10.0. The van der Waals surface area contributed by atoms with E-state index in [1.807, 2.05) is 0 Å². The number of carbonyl (C=O) groups is 1. The predicted octanol–water partition coefficient (Wildman–Crippen LogP) is 3.21. The Hall–Kier alpha value is -2.83. The Labute approximate surface area is 123 Å². The second-order valence-electron chi connectivity index (χ2n) is 4.57. The maximum absolute atomic E-state index is 14.2. The first-order chi connectivity index (χ1) is 10.5. The number of benzene rings is 2. The van der Waals surface area contributed by atoms with Crippen LogP contribution >= 0.6 is 0 Å². The Morgan fingerprint density at radius 2 is 1.82 bits per heavy atom. The van der Waals surface area contributed by atoms with Crippen LogP contribution in [0.1, 0.15) is 5.56 Å². The van der Waals surface area contributed by atoms with Crippen molar-refractivity contribution in [2.24, 2.45) is 5.10 Å². The standard InChI is InChI=1S/C15H9F3N2O2/c16-9-2-4-12(17)11(6-9)10-3-1-8(5-13(10)18)14-7-22-15(21)20-19-14/h1-6H,7H2,(H,20,21). The van der Waals surface area contributed by atoms with Gasteiger partial charge in [-0.25, -0.2) is 23.4 Å². The lowest BCUT2D eigenvalue weighted by Gasteiger charge is -2.14. The molecule has 112 valence electrons. The fraction of sp³-hybridized carbons (Fsp3) is 0.0667. The van der Waals surface area contributed by atoms with Crippen LogP contribution in [-0.4, -0.2) is 18.4 Å². The number of carbonyl (C=O) groups excluding carboxylic acids is 1. The molecule has 4 nitrogen and oxygen atoms in total. The number of nitrogens with one attached hydrogen (secondary N) is 1. The average Bonchev–Trinajstić information content (AvgIpc) is 2.51. The molecule has 0 atom stereocenters. The van der Waals surface area contributed by atoms with Gasteiger partial charge in [-0.15, -0.1) is 0 Å². The van der Waals surface area contributed by atoms with E-state index in [1.165, 1.54) is 12.1 Å². The molecule has 1 amide bonds. The molecule has 0 spiro atoms. The predicted molar refractivity (Wildman–Crippen MR) is 72.8 cm³/mol. The maximum atomic E-state index is 14.2. The SMILES string of the molecule is O=C1NN=C(c2ccc(-c3cc(F)ccc3F)c(F)c2)CO1. The molecule has 0 aliphatic carbocycles. The normalized spacial score (nSPS) is 14.1. The summed E-state index contributed by atoms with van der Waals surface area (Å²) in [5.74, 6) is -2.12. The van der Waals surface area contributed by atoms with Crippen molar-refractivity contribution in [1.82, 2.24) is 5.43 Å². The van der Waals surface area contributed by atoms with Gasteiger partial charge in [0.05, 0.1) is 0 Å². The smallest absolute Gasteiger partial charge is 0.428 e. The van der Waals surface area contributed by atoms with Crippen LogP contribution in [0.25, 0.3) is 11.1 Å². The Morgan fingerprint density at radius 1 is 1.00 bits per heavy atom. The van der Waals surface area contributed by atoms with Gasteiger partial charge in [-0.05, 0) is 24.3 Å². The van der Waals surface area contributed by atoms with Gasteiger partial charge in [0.1, 0.15) is 29.8 Å². The highest BCUT2D eigenvalue weighted by atomic mass is 19.1. The number of halogens is 3. The van der Waals surface area contributed by atoms with Crippen LogP contribution < -0.4 is 5.43 Å². The highest BCUT2D eigenvalue weighted by Gasteiger charge is 2.17. The fourth-order valence-electron chi connectivity index (χ4n) is 2.08. The van der Waals surface area contributed by atoms with Crippen molar-refractivity contribution in [3.8, 4) is 11.1 Å². The highest BCUT2D eigenvalue weighted by Crippen LogP contribution is 2.27. The van der Waals surface area contributed by atoms with Crippen LogP contribution in [0.2, 0.25) is 0 Å². The largest absolute Gasteiger partial charge is 0.442 e. The molecule has 22 heavy (non-hydrogen) atoms. The molecule has 0 bridgehead atoms. The maximum Gasteiger partial charge on any atom is 0.428 e. The summed E-state index contributed by atoms with van der Waals surface area (Å²) >= 11 is 0. The van der Waals surface area contributed by atoms with E-state index in [0.717, 1.165) is 24.3 Å². The van der Waals surface area contributed by atoms with E-state index in [1.54, 1.807) is 0 Å². The van der Waals surface area contributed by atoms with Crippen molar-refractivity contribution in [2.45, 2.75) is 0 Å². The van der Waals surface area contributed by atoms with E-state index in [2.05, 4.69) is 10.5 Å². The van der Waals surface area contributed by atoms with Crippen molar-refractivity contribution < 1.29 is 22.7 Å². The van der Waals surface area contributed by atoms with E-state index in [0.29, 0.717) is 11.3 Å². The van der Waals surface area contributed by atoms with Crippen LogP contribution in [0.5, 0.6) is 0 Å². The molecule has 1 aliphatic rings. The number of amides is 1. The number of hydrogen-bond acceptors (Lipinski definition) is 3. The molecule has 0 aromatic heterocycles. The molecule has 1 aliphatic heterocycles. The van der Waals surface area contributed by atoms with Crippen molar-refractivity contribution in [3.63, 3.8) is 0 Å². The van der Waals surface area contributed by atoms with E-state index >= 15 is 0 Å². The van der Waals surface area contributed by atoms with Crippen molar-refractivity contribution in [1.29, 1.82) is 0 Å². The van der Waals surface area contributed by atoms with Gasteiger partial charge in [0.15, 0.2) is 0 Å². The average molecular weight is 306 g/mol. The summed E-state index contributed by atoms with van der Waals surface area (Å²) in [5, 5.41) is 3.75. The summed E-state index contributed by atoms with van der Waals surface area (Å²) < 4.78 is 45.8. The van der Waals surface area contributed by atoms with Gasteiger partial charge in [0.2, 0.25) is 0 Å². The molecule has 2 aromatic carbocycles. The van der Waals surface area contributed by atoms with Crippen LogP contribution in [-0.2, 0) is 4.74 Å². The summed E-state index contributed by atoms with van der Waals surface area (Å²) in [5.41, 5.74) is 2.57. The zero-order valence-electron chi connectivity index (χ0n) is 11.1. The molecule has 1 N–H and O–H groups in total. The molecule has 7 heteroatoms. The first-order valence-corrected chi connectivity index (χ1v) is 6.29. The third kappa shape index (κ3) is 2.65. The van der Waals surface area contributed by atoms with Gasteiger partial charge in [0.25, 0.3) is 0 Å². The summed E-state index contributed by atoms with van der Waals surface area (Å²) in [6.07, 6.45) is -0.692. The minimum absolute atomic E-state index is 0.0675. The van der Waals surface area contributed by atoms with E-state index in [-0.39, 0.29) is 17.7 Å². The molecule has 0 saturated carbocycles. The minimum Gasteiger partial charge on any atom is -0.442 e. The summed E-state index contributed by atoms with van der Waals surface area (Å²) in [6, 6.07) is 6.76. The molecule has 0 saturated heterocycles. The zero-order chi connectivity index (χ0) is 15.7. The molecule has 3 rings (SSSR count). The number of nitrogens with zero attached hydrogens (tertiary/aromatic N) is 1. The molecule has 2 aromatic rings. The lowest BCUT2D eigenvalue weighted by molar-refractivity contribution is 0.157. The van der Waals surface area contributed by atoms with Gasteiger partial charge in [-0.3, -0.25) is 0 Å². The lowest BCUT2D eigenvalue weighted by Crippen LogP contribution is -2.30. The van der Waals surface area contributed by atoms with Crippen LogP contribution in [0.3, 0.4) is 0 Å². The molecule has 0 fully saturated rings. The van der Waals surface area contributed by atoms with Gasteiger partial charge < -0.3 is 4.74 Å². The Kier molecular flexibility index (Phi) is 3.54. The third-order valence-corrected chi connectivity index (χ3v) is 3.14. The number of hydrazone groups is 1. The van der Waals surface area contributed by atoms with Gasteiger partial charge in [-0.1, -0.05) is 12.1 Å². The minimum atomic E-state index is -0.735. The summed E-state index contributed by atoms with van der Waals surface area (Å²) in [6.45, 7) is -0.0983. The quantitative estimate of drug-likeness (QED) is 0.926. The Balaban J connectivity index is 1.99. The number of rotatable bonds is 2. The van der Waals surface area contributed by atoms with Gasteiger partial charge in [0, 0.05) is 16.7 Å².